The second-order valence-corrected chi connectivity index (χ2v) is 4.47. The van der Waals surface area contributed by atoms with Gasteiger partial charge >= 0.3 is 0 Å². The molecule has 17 heavy (non-hydrogen) atoms. The average molecular weight is 238 g/mol. The van der Waals surface area contributed by atoms with Gasteiger partial charge in [0.15, 0.2) is 0 Å². The largest absolute Gasteiger partial charge is 0.344 e. The quantitative estimate of drug-likeness (QED) is 0.603. The molecule has 3 heteroatoms. The molecule has 3 nitrogen and oxygen atoms in total. The van der Waals surface area contributed by atoms with E-state index >= 15 is 0 Å². The lowest BCUT2D eigenvalue weighted by Crippen LogP contribution is -2.43. The van der Waals surface area contributed by atoms with E-state index < -0.39 is 0 Å². The van der Waals surface area contributed by atoms with Crippen LogP contribution < -0.4 is 10.6 Å². The van der Waals surface area contributed by atoms with Crippen molar-refractivity contribution in [2.45, 2.75) is 52.5 Å². The normalized spacial score (nSPS) is 13.8. The van der Waals surface area contributed by atoms with Crippen molar-refractivity contribution in [1.82, 2.24) is 10.6 Å². The SMILES string of the molecule is C#CCNC(=O)C(C)NCC(CC)CCCC. The van der Waals surface area contributed by atoms with Crippen molar-refractivity contribution in [3.05, 3.63) is 0 Å². The lowest BCUT2D eigenvalue weighted by molar-refractivity contribution is -0.122. The third kappa shape index (κ3) is 7.82. The first-order chi connectivity index (χ1) is 8.15. The topological polar surface area (TPSA) is 41.1 Å². The second-order valence-electron chi connectivity index (χ2n) is 4.47. The van der Waals surface area contributed by atoms with Gasteiger partial charge in [0.05, 0.1) is 12.6 Å². The third-order valence-corrected chi connectivity index (χ3v) is 3.01. The number of unbranched alkanes of at least 4 members (excludes halogenated alkanes) is 1. The van der Waals surface area contributed by atoms with Crippen LogP contribution in [0.15, 0.2) is 0 Å². The monoisotopic (exact) mass is 238 g/mol. The number of rotatable bonds is 9. The summed E-state index contributed by atoms with van der Waals surface area (Å²) in [6.45, 7) is 7.48. The van der Waals surface area contributed by atoms with Gasteiger partial charge in [0, 0.05) is 0 Å². The van der Waals surface area contributed by atoms with Crippen LogP contribution in [0.4, 0.5) is 0 Å². The molecule has 0 bridgehead atoms. The molecule has 2 N–H and O–H groups in total. The van der Waals surface area contributed by atoms with Crippen molar-refractivity contribution >= 4 is 5.91 Å². The van der Waals surface area contributed by atoms with Crippen LogP contribution in [0.2, 0.25) is 0 Å². The van der Waals surface area contributed by atoms with Crippen LogP contribution in [0.3, 0.4) is 0 Å². The minimum Gasteiger partial charge on any atom is -0.344 e. The van der Waals surface area contributed by atoms with Gasteiger partial charge in [-0.25, -0.2) is 0 Å². The summed E-state index contributed by atoms with van der Waals surface area (Å²) < 4.78 is 0. The van der Waals surface area contributed by atoms with Crippen molar-refractivity contribution in [1.29, 1.82) is 0 Å². The van der Waals surface area contributed by atoms with Crippen LogP contribution in [0, 0.1) is 18.3 Å². The molecular formula is C14H26N2O. The van der Waals surface area contributed by atoms with Gasteiger partial charge in [-0.2, -0.15) is 0 Å². The summed E-state index contributed by atoms with van der Waals surface area (Å²) in [4.78, 5) is 11.5. The highest BCUT2D eigenvalue weighted by molar-refractivity contribution is 5.81. The number of hydrogen-bond donors (Lipinski definition) is 2. The van der Waals surface area contributed by atoms with Crippen molar-refractivity contribution in [2.75, 3.05) is 13.1 Å². The third-order valence-electron chi connectivity index (χ3n) is 3.01. The highest BCUT2D eigenvalue weighted by atomic mass is 16.2. The van der Waals surface area contributed by atoms with E-state index in [4.69, 9.17) is 6.42 Å². The summed E-state index contributed by atoms with van der Waals surface area (Å²) in [7, 11) is 0. The van der Waals surface area contributed by atoms with E-state index in [9.17, 15) is 4.79 Å². The van der Waals surface area contributed by atoms with Crippen LogP contribution in [-0.2, 0) is 4.79 Å². The van der Waals surface area contributed by atoms with Crippen LogP contribution in [0.5, 0.6) is 0 Å². The van der Waals surface area contributed by atoms with E-state index in [1.54, 1.807) is 0 Å². The summed E-state index contributed by atoms with van der Waals surface area (Å²) in [6.07, 6.45) is 9.98. The average Bonchev–Trinajstić information content (AvgIpc) is 2.35. The fraction of sp³-hybridized carbons (Fsp3) is 0.786. The Bertz CT molecular complexity index is 245. The fourth-order valence-corrected chi connectivity index (χ4v) is 1.67. The molecule has 98 valence electrons. The Morgan fingerprint density at radius 2 is 2.12 bits per heavy atom. The molecule has 2 atom stereocenters. The smallest absolute Gasteiger partial charge is 0.237 e. The Hall–Kier alpha value is -1.01. The summed E-state index contributed by atoms with van der Waals surface area (Å²) in [6, 6.07) is -0.168. The molecule has 0 aromatic rings. The van der Waals surface area contributed by atoms with Crippen molar-refractivity contribution in [3.63, 3.8) is 0 Å². The molecule has 1 amide bonds. The van der Waals surface area contributed by atoms with Gasteiger partial charge in [-0.1, -0.05) is 39.0 Å². The van der Waals surface area contributed by atoms with Crippen molar-refractivity contribution < 1.29 is 4.79 Å². The molecule has 0 rings (SSSR count). The number of carbonyl (C=O) groups excluding carboxylic acids is 1. The molecule has 0 saturated heterocycles. The molecule has 0 aromatic heterocycles. The Labute approximate surface area is 106 Å². The predicted octanol–water partition coefficient (Wildman–Crippen LogP) is 1.93. The zero-order valence-corrected chi connectivity index (χ0v) is 11.4. The summed E-state index contributed by atoms with van der Waals surface area (Å²) in [5.74, 6) is 3.04. The maximum atomic E-state index is 11.5. The fourth-order valence-electron chi connectivity index (χ4n) is 1.67. The lowest BCUT2D eigenvalue weighted by atomic mass is 9.99. The first-order valence-electron chi connectivity index (χ1n) is 6.60. The van der Waals surface area contributed by atoms with Crippen molar-refractivity contribution in [3.8, 4) is 12.3 Å². The Morgan fingerprint density at radius 1 is 1.41 bits per heavy atom. The molecule has 0 aromatic carbocycles. The van der Waals surface area contributed by atoms with E-state index in [-0.39, 0.29) is 11.9 Å². The molecule has 0 saturated carbocycles. The number of amides is 1. The molecular weight excluding hydrogens is 212 g/mol. The lowest BCUT2D eigenvalue weighted by Gasteiger charge is -2.19. The number of hydrogen-bond acceptors (Lipinski definition) is 2. The number of terminal acetylenes is 1. The van der Waals surface area contributed by atoms with Gasteiger partial charge in [-0.3, -0.25) is 4.79 Å². The molecule has 0 heterocycles. The Morgan fingerprint density at radius 3 is 2.65 bits per heavy atom. The molecule has 0 aliphatic carbocycles. The van der Waals surface area contributed by atoms with Gasteiger partial charge in [0.1, 0.15) is 0 Å². The Kier molecular flexibility index (Phi) is 9.56. The molecule has 0 aliphatic rings. The summed E-state index contributed by atoms with van der Waals surface area (Å²) >= 11 is 0. The van der Waals surface area contributed by atoms with Crippen LogP contribution >= 0.6 is 0 Å². The van der Waals surface area contributed by atoms with Crippen LogP contribution in [0.1, 0.15) is 46.5 Å². The van der Waals surface area contributed by atoms with E-state index in [1.807, 2.05) is 6.92 Å². The van der Waals surface area contributed by atoms with E-state index in [2.05, 4.69) is 30.4 Å². The highest BCUT2D eigenvalue weighted by Gasteiger charge is 2.13. The molecule has 2 unspecified atom stereocenters. The first kappa shape index (κ1) is 16.0. The predicted molar refractivity (Wildman–Crippen MR) is 72.6 cm³/mol. The molecule has 0 spiro atoms. The van der Waals surface area contributed by atoms with Gasteiger partial charge in [0.25, 0.3) is 0 Å². The molecule has 0 aliphatic heterocycles. The zero-order valence-electron chi connectivity index (χ0n) is 11.4. The molecule has 0 radical (unpaired) electrons. The zero-order chi connectivity index (χ0) is 13.1. The minimum absolute atomic E-state index is 0.0201. The standard InChI is InChI=1S/C14H26N2O/c1-5-8-9-13(7-3)11-16-12(4)14(17)15-10-6-2/h2,12-13,16H,5,7-11H2,1,3-4H3,(H,15,17). The maximum absolute atomic E-state index is 11.5. The van der Waals surface area contributed by atoms with Gasteiger partial charge in [0.2, 0.25) is 5.91 Å². The van der Waals surface area contributed by atoms with E-state index in [1.165, 1.54) is 19.3 Å². The van der Waals surface area contributed by atoms with Crippen LogP contribution in [0.25, 0.3) is 0 Å². The van der Waals surface area contributed by atoms with Crippen molar-refractivity contribution in [2.24, 2.45) is 5.92 Å². The maximum Gasteiger partial charge on any atom is 0.237 e. The summed E-state index contributed by atoms with van der Waals surface area (Å²) in [5.41, 5.74) is 0. The van der Waals surface area contributed by atoms with Gasteiger partial charge in [-0.05, 0) is 25.8 Å². The van der Waals surface area contributed by atoms with Crippen LogP contribution in [-0.4, -0.2) is 25.0 Å². The first-order valence-corrected chi connectivity index (χ1v) is 6.60. The van der Waals surface area contributed by atoms with E-state index in [0.717, 1.165) is 13.0 Å². The minimum atomic E-state index is -0.168. The number of nitrogens with one attached hydrogen (secondary N) is 2. The molecule has 0 fully saturated rings. The number of carbonyl (C=O) groups is 1. The van der Waals surface area contributed by atoms with E-state index in [0.29, 0.717) is 12.5 Å². The Balaban J connectivity index is 3.83. The highest BCUT2D eigenvalue weighted by Crippen LogP contribution is 2.11. The summed E-state index contributed by atoms with van der Waals surface area (Å²) in [5, 5.41) is 5.95. The second kappa shape index (κ2) is 10.2. The van der Waals surface area contributed by atoms with Gasteiger partial charge in [-0.15, -0.1) is 6.42 Å². The van der Waals surface area contributed by atoms with Gasteiger partial charge < -0.3 is 10.6 Å².